The first kappa shape index (κ1) is 20.3. The maximum atomic E-state index is 12.8. The maximum Gasteiger partial charge on any atom is 0.416 e. The monoisotopic (exact) mass is 396 g/mol. The van der Waals surface area contributed by atoms with Gasteiger partial charge in [-0.1, -0.05) is 47.5 Å². The molecule has 3 aromatic carbocycles. The van der Waals surface area contributed by atoms with Crippen molar-refractivity contribution in [2.75, 3.05) is 5.43 Å². The summed E-state index contributed by atoms with van der Waals surface area (Å²) in [4.78, 5) is 0. The molecule has 4 nitrogen and oxygen atoms in total. The van der Waals surface area contributed by atoms with Gasteiger partial charge in [0.05, 0.1) is 16.9 Å². The van der Waals surface area contributed by atoms with Gasteiger partial charge in [0.15, 0.2) is 0 Å². The van der Waals surface area contributed by atoms with Gasteiger partial charge in [0.2, 0.25) is 5.84 Å². The number of hydrogen-bond donors (Lipinski definition) is 1. The van der Waals surface area contributed by atoms with E-state index in [4.69, 9.17) is 0 Å². The van der Waals surface area contributed by atoms with E-state index in [9.17, 15) is 13.2 Å². The number of alkyl halides is 3. The average molecular weight is 396 g/mol. The molecule has 0 unspecified atom stereocenters. The van der Waals surface area contributed by atoms with Gasteiger partial charge in [-0.05, 0) is 50.2 Å². The summed E-state index contributed by atoms with van der Waals surface area (Å²) in [7, 11) is 0. The number of hydrogen-bond acceptors (Lipinski definition) is 3. The Hall–Kier alpha value is -3.48. The normalized spacial score (nSPS) is 12.4. The van der Waals surface area contributed by atoms with E-state index >= 15 is 0 Å². The smallest absolute Gasteiger partial charge is 0.276 e. The Morgan fingerprint density at radius 3 is 1.86 bits per heavy atom. The zero-order valence-electron chi connectivity index (χ0n) is 15.9. The molecule has 3 aromatic rings. The van der Waals surface area contributed by atoms with E-state index in [1.165, 1.54) is 12.1 Å². The van der Waals surface area contributed by atoms with Crippen LogP contribution in [0.25, 0.3) is 0 Å². The number of rotatable bonds is 4. The van der Waals surface area contributed by atoms with Gasteiger partial charge in [0, 0.05) is 5.56 Å². The number of azo groups is 1. The van der Waals surface area contributed by atoms with Gasteiger partial charge in [-0.15, -0.1) is 10.2 Å². The van der Waals surface area contributed by atoms with Crippen LogP contribution < -0.4 is 5.43 Å². The summed E-state index contributed by atoms with van der Waals surface area (Å²) < 4.78 is 38.5. The largest absolute Gasteiger partial charge is 0.416 e. The lowest BCUT2D eigenvalue weighted by molar-refractivity contribution is -0.137. The summed E-state index contributed by atoms with van der Waals surface area (Å²) >= 11 is 0. The van der Waals surface area contributed by atoms with Crippen LogP contribution in [0.3, 0.4) is 0 Å². The van der Waals surface area contributed by atoms with Crippen LogP contribution >= 0.6 is 0 Å². The highest BCUT2D eigenvalue weighted by molar-refractivity contribution is 5.99. The van der Waals surface area contributed by atoms with Crippen LogP contribution in [0.4, 0.5) is 24.5 Å². The Bertz CT molecular complexity index is 1000. The van der Waals surface area contributed by atoms with Crippen molar-refractivity contribution in [2.45, 2.75) is 20.0 Å². The second-order valence-corrected chi connectivity index (χ2v) is 6.52. The lowest BCUT2D eigenvalue weighted by atomic mass is 10.1. The molecule has 0 amide bonds. The molecule has 0 aliphatic carbocycles. The highest BCUT2D eigenvalue weighted by Crippen LogP contribution is 2.29. The van der Waals surface area contributed by atoms with Crippen LogP contribution in [0.1, 0.15) is 22.3 Å². The maximum absolute atomic E-state index is 12.8. The molecule has 0 fully saturated rings. The molecule has 0 aliphatic rings. The third-order valence-corrected chi connectivity index (χ3v) is 4.11. The number of nitrogens with zero attached hydrogens (tertiary/aromatic N) is 3. The Labute approximate surface area is 166 Å². The molecule has 0 heterocycles. The highest BCUT2D eigenvalue weighted by atomic mass is 19.4. The number of halogens is 3. The minimum Gasteiger partial charge on any atom is -0.276 e. The Morgan fingerprint density at radius 1 is 0.759 bits per heavy atom. The average Bonchev–Trinajstić information content (AvgIpc) is 2.70. The minimum absolute atomic E-state index is 0.167. The van der Waals surface area contributed by atoms with Crippen LogP contribution in [-0.4, -0.2) is 5.84 Å². The molecule has 0 radical (unpaired) electrons. The van der Waals surface area contributed by atoms with E-state index in [1.807, 2.05) is 50.2 Å². The van der Waals surface area contributed by atoms with Crippen LogP contribution in [0, 0.1) is 13.8 Å². The van der Waals surface area contributed by atoms with E-state index in [2.05, 4.69) is 20.8 Å². The van der Waals surface area contributed by atoms with Gasteiger partial charge in [0.1, 0.15) is 0 Å². The Kier molecular flexibility index (Phi) is 6.07. The fraction of sp³-hybridized carbons (Fsp3) is 0.136. The first-order chi connectivity index (χ1) is 13.8. The summed E-state index contributed by atoms with van der Waals surface area (Å²) in [5.41, 5.74) is 6.08. The van der Waals surface area contributed by atoms with Crippen molar-refractivity contribution in [2.24, 2.45) is 15.3 Å². The van der Waals surface area contributed by atoms with E-state index < -0.39 is 11.7 Å². The quantitative estimate of drug-likeness (QED) is 0.222. The molecule has 0 saturated heterocycles. The van der Waals surface area contributed by atoms with Crippen molar-refractivity contribution in [1.29, 1.82) is 0 Å². The summed E-state index contributed by atoms with van der Waals surface area (Å²) in [5.74, 6) is 0.167. The molecule has 0 aromatic heterocycles. The third kappa shape index (κ3) is 5.75. The number of benzene rings is 3. The van der Waals surface area contributed by atoms with Crippen molar-refractivity contribution in [3.8, 4) is 0 Å². The molecule has 3 rings (SSSR count). The zero-order chi connectivity index (χ0) is 20.9. The first-order valence-corrected chi connectivity index (χ1v) is 8.88. The lowest BCUT2D eigenvalue weighted by Crippen LogP contribution is -2.06. The zero-order valence-corrected chi connectivity index (χ0v) is 15.9. The van der Waals surface area contributed by atoms with Crippen LogP contribution in [0.2, 0.25) is 0 Å². The standard InChI is InChI=1S/C22H19F3N4/c1-15-3-11-19(12-4-15)26-28-21(29-27-20-13-5-16(2)6-14-20)17-7-9-18(10-8-17)22(23,24)25/h3-14,26H,1-2H3/b28-21+,29-27?. The van der Waals surface area contributed by atoms with Crippen molar-refractivity contribution in [1.82, 2.24) is 0 Å². The topological polar surface area (TPSA) is 49.1 Å². The van der Waals surface area contributed by atoms with Crippen molar-refractivity contribution in [3.63, 3.8) is 0 Å². The number of nitrogens with one attached hydrogen (secondary N) is 1. The molecule has 0 bridgehead atoms. The van der Waals surface area contributed by atoms with E-state index in [1.54, 1.807) is 12.1 Å². The van der Waals surface area contributed by atoms with Gasteiger partial charge in [-0.25, -0.2) is 0 Å². The van der Waals surface area contributed by atoms with Crippen molar-refractivity contribution >= 4 is 17.2 Å². The predicted octanol–water partition coefficient (Wildman–Crippen LogP) is 6.88. The third-order valence-electron chi connectivity index (χ3n) is 4.11. The summed E-state index contributed by atoms with van der Waals surface area (Å²) in [6, 6.07) is 19.6. The Morgan fingerprint density at radius 2 is 1.31 bits per heavy atom. The fourth-order valence-corrected chi connectivity index (χ4v) is 2.42. The molecule has 29 heavy (non-hydrogen) atoms. The van der Waals surface area contributed by atoms with Gasteiger partial charge in [-0.3, -0.25) is 5.43 Å². The molecule has 1 N–H and O–H groups in total. The van der Waals surface area contributed by atoms with Crippen LogP contribution in [0.5, 0.6) is 0 Å². The SMILES string of the molecule is Cc1ccc(N=N/C(=N/Nc2ccc(C)cc2)c2ccc(C(F)(F)F)cc2)cc1. The number of hydrazone groups is 1. The first-order valence-electron chi connectivity index (χ1n) is 8.88. The molecular formula is C22H19F3N4. The Balaban J connectivity index is 1.90. The molecule has 0 spiro atoms. The lowest BCUT2D eigenvalue weighted by Gasteiger charge is -2.08. The molecule has 0 saturated carbocycles. The molecule has 7 heteroatoms. The van der Waals surface area contributed by atoms with Crippen LogP contribution in [0.15, 0.2) is 88.1 Å². The molecule has 0 aliphatic heterocycles. The van der Waals surface area contributed by atoms with Crippen molar-refractivity contribution < 1.29 is 13.2 Å². The minimum atomic E-state index is -4.40. The summed E-state index contributed by atoms with van der Waals surface area (Å²) in [6.07, 6.45) is -4.40. The highest BCUT2D eigenvalue weighted by Gasteiger charge is 2.30. The van der Waals surface area contributed by atoms with E-state index in [0.717, 1.165) is 28.9 Å². The van der Waals surface area contributed by atoms with Crippen LogP contribution in [-0.2, 0) is 6.18 Å². The van der Waals surface area contributed by atoms with Gasteiger partial charge < -0.3 is 0 Å². The van der Waals surface area contributed by atoms with E-state index in [0.29, 0.717) is 11.3 Å². The summed E-state index contributed by atoms with van der Waals surface area (Å²) in [6.45, 7) is 3.93. The number of aryl methyl sites for hydroxylation is 2. The molecular weight excluding hydrogens is 377 g/mol. The van der Waals surface area contributed by atoms with Gasteiger partial charge >= 0.3 is 6.18 Å². The number of anilines is 1. The fourth-order valence-electron chi connectivity index (χ4n) is 2.42. The predicted molar refractivity (Wildman–Crippen MR) is 108 cm³/mol. The second kappa shape index (κ2) is 8.68. The second-order valence-electron chi connectivity index (χ2n) is 6.52. The number of amidine groups is 1. The van der Waals surface area contributed by atoms with Gasteiger partial charge in [-0.2, -0.15) is 18.3 Å². The van der Waals surface area contributed by atoms with Crippen molar-refractivity contribution in [3.05, 3.63) is 95.1 Å². The molecule has 148 valence electrons. The molecule has 0 atom stereocenters. The van der Waals surface area contributed by atoms with E-state index in [-0.39, 0.29) is 5.84 Å². The summed E-state index contributed by atoms with van der Waals surface area (Å²) in [5, 5.41) is 12.5. The van der Waals surface area contributed by atoms with Gasteiger partial charge in [0.25, 0.3) is 0 Å².